The number of thiophene rings is 1. The molecule has 3 N–H and O–H groups in total. The predicted octanol–water partition coefficient (Wildman–Crippen LogP) is 4.22. The molecule has 3 aromatic rings. The van der Waals surface area contributed by atoms with Crippen molar-refractivity contribution in [2.75, 3.05) is 31.5 Å². The van der Waals surface area contributed by atoms with Gasteiger partial charge in [-0.3, -0.25) is 9.89 Å². The number of hydrogen-bond acceptors (Lipinski definition) is 6. The van der Waals surface area contributed by atoms with E-state index < -0.39 is 0 Å². The minimum Gasteiger partial charge on any atom is -0.352 e. The first-order chi connectivity index (χ1) is 14.6. The first-order valence-corrected chi connectivity index (χ1v) is 10.9. The van der Waals surface area contributed by atoms with E-state index in [1.54, 1.807) is 18.2 Å². The Balaban J connectivity index is 1.51. The van der Waals surface area contributed by atoms with E-state index in [2.05, 4.69) is 45.6 Å². The zero-order valence-electron chi connectivity index (χ0n) is 17.2. The summed E-state index contributed by atoms with van der Waals surface area (Å²) in [4.78, 5) is 16.2. The molecule has 1 aromatic carbocycles. The molecule has 8 heteroatoms. The van der Waals surface area contributed by atoms with Crippen LogP contribution in [0.1, 0.15) is 35.5 Å². The number of hydrogen-bond donors (Lipinski definition) is 3. The fourth-order valence-corrected chi connectivity index (χ4v) is 3.82. The quantitative estimate of drug-likeness (QED) is 0.425. The molecule has 0 bridgehead atoms. The smallest absolute Gasteiger partial charge is 0.251 e. The van der Waals surface area contributed by atoms with Gasteiger partial charge in [-0.05, 0) is 62.5 Å². The third kappa shape index (κ3) is 5.69. The number of nitrogens with zero attached hydrogens (tertiary/aromatic N) is 3. The molecule has 3 rings (SSSR count). The van der Waals surface area contributed by atoms with Crippen LogP contribution in [0.3, 0.4) is 0 Å². The molecular formula is C22H26N6OS. The summed E-state index contributed by atoms with van der Waals surface area (Å²) in [7, 11) is 0. The van der Waals surface area contributed by atoms with Crippen molar-refractivity contribution >= 4 is 28.7 Å². The summed E-state index contributed by atoms with van der Waals surface area (Å²) in [6, 6.07) is 15.0. The van der Waals surface area contributed by atoms with Crippen LogP contribution in [0.4, 0.5) is 11.5 Å². The highest BCUT2D eigenvalue weighted by Crippen LogP contribution is 2.28. The van der Waals surface area contributed by atoms with Crippen molar-refractivity contribution in [3.8, 4) is 16.6 Å². The molecule has 30 heavy (non-hydrogen) atoms. The summed E-state index contributed by atoms with van der Waals surface area (Å²) in [5, 5.41) is 22.4. The molecule has 1 amide bonds. The molecule has 0 unspecified atom stereocenters. The number of H-pyrrole nitrogens is 1. The minimum atomic E-state index is -0.0593. The van der Waals surface area contributed by atoms with E-state index >= 15 is 0 Å². The Morgan fingerprint density at radius 1 is 1.20 bits per heavy atom. The topological polar surface area (TPSA) is 96.8 Å². The molecule has 0 radical (unpaired) electrons. The molecule has 0 aliphatic rings. The zero-order chi connectivity index (χ0) is 21.3. The molecule has 2 aromatic heterocycles. The second-order valence-corrected chi connectivity index (χ2v) is 7.87. The lowest BCUT2D eigenvalue weighted by Gasteiger charge is -2.17. The van der Waals surface area contributed by atoms with Gasteiger partial charge < -0.3 is 15.5 Å². The highest BCUT2D eigenvalue weighted by molar-refractivity contribution is 7.15. The average molecular weight is 423 g/mol. The molecule has 156 valence electrons. The number of amides is 1. The standard InChI is InChI=1S/C22H26N6OS/c1-3-28(4-2)13-5-12-24-22(29)16-6-8-17(9-7-16)25-21-14-19(26-27-21)20-11-10-18(15-23)30-20/h6-11,14H,3-5,12-13H2,1-2H3,(H,24,29)(H2,25,26,27). The van der Waals surface area contributed by atoms with Gasteiger partial charge in [-0.15, -0.1) is 11.3 Å². The maximum absolute atomic E-state index is 12.3. The highest BCUT2D eigenvalue weighted by atomic mass is 32.1. The number of nitrogens with one attached hydrogen (secondary N) is 3. The number of anilines is 2. The molecular weight excluding hydrogens is 396 g/mol. The van der Waals surface area contributed by atoms with Crippen molar-refractivity contribution in [3.63, 3.8) is 0 Å². The highest BCUT2D eigenvalue weighted by Gasteiger charge is 2.09. The fraction of sp³-hybridized carbons (Fsp3) is 0.318. The lowest BCUT2D eigenvalue weighted by atomic mass is 10.2. The monoisotopic (exact) mass is 422 g/mol. The Morgan fingerprint density at radius 3 is 2.63 bits per heavy atom. The second-order valence-electron chi connectivity index (χ2n) is 6.78. The summed E-state index contributed by atoms with van der Waals surface area (Å²) < 4.78 is 0. The molecule has 0 saturated carbocycles. The van der Waals surface area contributed by atoms with Gasteiger partial charge in [-0.25, -0.2) is 0 Å². The Hall–Kier alpha value is -3.15. The van der Waals surface area contributed by atoms with E-state index in [0.29, 0.717) is 17.0 Å². The Kier molecular flexibility index (Phi) is 7.60. The SMILES string of the molecule is CCN(CC)CCCNC(=O)c1ccc(Nc2cc(-c3ccc(C#N)s3)n[nH]2)cc1. The molecule has 0 fully saturated rings. The molecule has 0 aliphatic heterocycles. The second kappa shape index (κ2) is 10.6. The number of carbonyl (C=O) groups is 1. The molecule has 0 spiro atoms. The Morgan fingerprint density at radius 2 is 1.97 bits per heavy atom. The Labute approximate surface area is 180 Å². The van der Waals surface area contributed by atoms with Crippen molar-refractivity contribution in [2.45, 2.75) is 20.3 Å². The van der Waals surface area contributed by atoms with Crippen LogP contribution in [-0.2, 0) is 0 Å². The van der Waals surface area contributed by atoms with Crippen LogP contribution in [-0.4, -0.2) is 47.2 Å². The number of rotatable bonds is 10. The molecule has 7 nitrogen and oxygen atoms in total. The normalized spacial score (nSPS) is 10.7. The number of aromatic amines is 1. The summed E-state index contributed by atoms with van der Waals surface area (Å²) in [6.07, 6.45) is 0.940. The Bertz CT molecular complexity index is 997. The van der Waals surface area contributed by atoms with E-state index in [4.69, 9.17) is 5.26 Å². The van der Waals surface area contributed by atoms with E-state index in [9.17, 15) is 4.79 Å². The molecule has 0 aliphatic carbocycles. The first kappa shape index (κ1) is 21.6. The van der Waals surface area contributed by atoms with Crippen molar-refractivity contribution in [3.05, 3.63) is 52.9 Å². The average Bonchev–Trinajstić information content (AvgIpc) is 3.43. The first-order valence-electron chi connectivity index (χ1n) is 10.1. The van der Waals surface area contributed by atoms with Crippen LogP contribution in [0.25, 0.3) is 10.6 Å². The third-order valence-corrected chi connectivity index (χ3v) is 5.82. The van der Waals surface area contributed by atoms with Gasteiger partial charge in [-0.2, -0.15) is 10.4 Å². The van der Waals surface area contributed by atoms with Gasteiger partial charge in [0, 0.05) is 23.9 Å². The van der Waals surface area contributed by atoms with Gasteiger partial charge in [0.05, 0.1) is 4.88 Å². The maximum Gasteiger partial charge on any atom is 0.251 e. The van der Waals surface area contributed by atoms with Gasteiger partial charge in [0.1, 0.15) is 22.5 Å². The zero-order valence-corrected chi connectivity index (χ0v) is 18.1. The van der Waals surface area contributed by atoms with E-state index in [-0.39, 0.29) is 5.91 Å². The van der Waals surface area contributed by atoms with Crippen molar-refractivity contribution in [1.29, 1.82) is 5.26 Å². The van der Waals surface area contributed by atoms with Crippen molar-refractivity contribution in [1.82, 2.24) is 20.4 Å². The summed E-state index contributed by atoms with van der Waals surface area (Å²) in [6.45, 7) is 8.02. The van der Waals surface area contributed by atoms with Gasteiger partial charge in [0.15, 0.2) is 0 Å². The molecule has 0 saturated heterocycles. The summed E-state index contributed by atoms with van der Waals surface area (Å²) in [5.41, 5.74) is 2.27. The van der Waals surface area contributed by atoms with E-state index in [1.807, 2.05) is 24.3 Å². The van der Waals surface area contributed by atoms with Gasteiger partial charge >= 0.3 is 0 Å². The van der Waals surface area contributed by atoms with Gasteiger partial charge in [0.2, 0.25) is 0 Å². The largest absolute Gasteiger partial charge is 0.352 e. The number of benzene rings is 1. The van der Waals surface area contributed by atoms with Crippen molar-refractivity contribution in [2.24, 2.45) is 0 Å². The van der Waals surface area contributed by atoms with Crippen LogP contribution in [0.2, 0.25) is 0 Å². The predicted molar refractivity (Wildman–Crippen MR) is 121 cm³/mol. The summed E-state index contributed by atoms with van der Waals surface area (Å²) >= 11 is 1.40. The van der Waals surface area contributed by atoms with Crippen LogP contribution in [0.15, 0.2) is 42.5 Å². The maximum atomic E-state index is 12.3. The minimum absolute atomic E-state index is 0.0593. The van der Waals surface area contributed by atoms with Gasteiger partial charge in [0.25, 0.3) is 5.91 Å². The van der Waals surface area contributed by atoms with Crippen LogP contribution < -0.4 is 10.6 Å². The third-order valence-electron chi connectivity index (χ3n) is 4.80. The van der Waals surface area contributed by atoms with E-state index in [1.165, 1.54) is 11.3 Å². The van der Waals surface area contributed by atoms with Crippen LogP contribution in [0.5, 0.6) is 0 Å². The van der Waals surface area contributed by atoms with Crippen LogP contribution >= 0.6 is 11.3 Å². The lowest BCUT2D eigenvalue weighted by molar-refractivity contribution is 0.0952. The van der Waals surface area contributed by atoms with Crippen molar-refractivity contribution < 1.29 is 4.79 Å². The van der Waals surface area contributed by atoms with Crippen LogP contribution in [0, 0.1) is 11.3 Å². The number of aromatic nitrogens is 2. The molecule has 0 atom stereocenters. The lowest BCUT2D eigenvalue weighted by Crippen LogP contribution is -2.29. The van der Waals surface area contributed by atoms with Gasteiger partial charge in [-0.1, -0.05) is 13.8 Å². The number of nitriles is 1. The summed E-state index contributed by atoms with van der Waals surface area (Å²) in [5.74, 6) is 0.682. The molecule has 2 heterocycles. The van der Waals surface area contributed by atoms with E-state index in [0.717, 1.165) is 48.1 Å². The number of carbonyl (C=O) groups excluding carboxylic acids is 1. The fourth-order valence-electron chi connectivity index (χ4n) is 3.05.